The molecule has 18 heavy (non-hydrogen) atoms. The lowest BCUT2D eigenvalue weighted by molar-refractivity contribution is -0.143. The minimum absolute atomic E-state index is 0.0292. The molecule has 0 saturated heterocycles. The molecule has 0 aromatic heterocycles. The minimum Gasteiger partial charge on any atom is -0.494 e. The third-order valence-electron chi connectivity index (χ3n) is 2.30. The highest BCUT2D eigenvalue weighted by atomic mass is 19.4. The van der Waals surface area contributed by atoms with Crippen molar-refractivity contribution >= 4 is 5.78 Å². The van der Waals surface area contributed by atoms with E-state index < -0.39 is 30.6 Å². The third-order valence-corrected chi connectivity index (χ3v) is 2.30. The lowest BCUT2D eigenvalue weighted by atomic mass is 10.1. The Bertz CT molecular complexity index is 427. The van der Waals surface area contributed by atoms with Gasteiger partial charge in [0.05, 0.1) is 13.5 Å². The Morgan fingerprint density at radius 1 is 1.33 bits per heavy atom. The molecule has 0 fully saturated rings. The first-order valence-electron chi connectivity index (χ1n) is 5.22. The number of carbonyl (C=O) groups is 1. The first-order chi connectivity index (χ1) is 8.31. The number of Topliss-reactive ketones (excluding diaryl/α,β-unsaturated/α-hetero) is 1. The summed E-state index contributed by atoms with van der Waals surface area (Å²) in [5.74, 6) is -1.18. The van der Waals surface area contributed by atoms with Crippen molar-refractivity contribution in [3.8, 4) is 5.75 Å². The normalized spacial score (nSPS) is 11.4. The number of ether oxygens (including phenoxy) is 1. The van der Waals surface area contributed by atoms with Crippen molar-refractivity contribution in [1.82, 2.24) is 0 Å². The van der Waals surface area contributed by atoms with E-state index in [1.807, 2.05) is 0 Å². The van der Waals surface area contributed by atoms with Crippen LogP contribution in [0.4, 0.5) is 17.6 Å². The van der Waals surface area contributed by atoms with Gasteiger partial charge in [-0.2, -0.15) is 13.2 Å². The molecule has 0 saturated carbocycles. The molecule has 0 radical (unpaired) electrons. The van der Waals surface area contributed by atoms with E-state index in [0.717, 1.165) is 6.07 Å². The Morgan fingerprint density at radius 2 is 2.00 bits per heavy atom. The van der Waals surface area contributed by atoms with Gasteiger partial charge < -0.3 is 4.74 Å². The summed E-state index contributed by atoms with van der Waals surface area (Å²) in [6.07, 6.45) is -6.29. The van der Waals surface area contributed by atoms with Crippen LogP contribution in [0.2, 0.25) is 0 Å². The molecule has 0 bridgehead atoms. The molecule has 1 aromatic carbocycles. The van der Waals surface area contributed by atoms with Crippen molar-refractivity contribution in [2.75, 3.05) is 7.11 Å². The minimum atomic E-state index is -4.35. The van der Waals surface area contributed by atoms with Crippen LogP contribution in [0.5, 0.6) is 5.75 Å². The Kier molecular flexibility index (Phi) is 4.69. The molecule has 0 aliphatic carbocycles. The first kappa shape index (κ1) is 14.5. The van der Waals surface area contributed by atoms with E-state index in [4.69, 9.17) is 0 Å². The number of hydrogen-bond acceptors (Lipinski definition) is 2. The maximum atomic E-state index is 13.3. The van der Waals surface area contributed by atoms with E-state index in [-0.39, 0.29) is 12.2 Å². The van der Waals surface area contributed by atoms with Crippen molar-refractivity contribution < 1.29 is 27.1 Å². The maximum absolute atomic E-state index is 13.3. The molecule has 0 heterocycles. The molecule has 0 N–H and O–H groups in total. The summed E-state index contributed by atoms with van der Waals surface area (Å²) < 4.78 is 53.6. The van der Waals surface area contributed by atoms with Gasteiger partial charge in [-0.15, -0.1) is 0 Å². The van der Waals surface area contributed by atoms with Crippen molar-refractivity contribution in [1.29, 1.82) is 0 Å². The van der Waals surface area contributed by atoms with E-state index in [2.05, 4.69) is 4.74 Å². The second-order valence-corrected chi connectivity index (χ2v) is 3.80. The molecule has 0 spiro atoms. The Labute approximate surface area is 102 Å². The van der Waals surface area contributed by atoms with Gasteiger partial charge in [-0.25, -0.2) is 4.39 Å². The van der Waals surface area contributed by atoms with Gasteiger partial charge in [-0.3, -0.25) is 4.79 Å². The van der Waals surface area contributed by atoms with Crippen molar-refractivity contribution in [3.63, 3.8) is 0 Å². The lowest BCUT2D eigenvalue weighted by Gasteiger charge is -2.06. The largest absolute Gasteiger partial charge is 0.494 e. The lowest BCUT2D eigenvalue weighted by Crippen LogP contribution is -2.12. The number of carbonyl (C=O) groups excluding carboxylic acids is 1. The fourth-order valence-corrected chi connectivity index (χ4v) is 1.42. The number of alkyl halides is 3. The predicted octanol–water partition coefficient (Wildman–Crippen LogP) is 3.29. The zero-order valence-corrected chi connectivity index (χ0v) is 9.68. The van der Waals surface area contributed by atoms with Crippen LogP contribution in [-0.2, 0) is 11.2 Å². The monoisotopic (exact) mass is 264 g/mol. The molecule has 0 atom stereocenters. The van der Waals surface area contributed by atoms with E-state index in [0.29, 0.717) is 5.56 Å². The standard InChI is InChI=1S/C12H12F4O2/c1-18-11-3-2-8(7-10(11)13)6-9(17)4-5-12(14,15)16/h2-3,7H,4-6H2,1H3. The molecular formula is C12H12F4O2. The summed E-state index contributed by atoms with van der Waals surface area (Å²) in [6, 6.07) is 3.87. The summed E-state index contributed by atoms with van der Waals surface area (Å²) in [6.45, 7) is 0. The molecule has 100 valence electrons. The van der Waals surface area contributed by atoms with Crippen LogP contribution < -0.4 is 4.74 Å². The Morgan fingerprint density at radius 3 is 2.50 bits per heavy atom. The van der Waals surface area contributed by atoms with Gasteiger partial charge in [-0.1, -0.05) is 6.07 Å². The van der Waals surface area contributed by atoms with Crippen molar-refractivity contribution in [2.24, 2.45) is 0 Å². The fraction of sp³-hybridized carbons (Fsp3) is 0.417. The van der Waals surface area contributed by atoms with Gasteiger partial charge in [0.25, 0.3) is 0 Å². The Hall–Kier alpha value is -1.59. The maximum Gasteiger partial charge on any atom is 0.389 e. The SMILES string of the molecule is COc1ccc(CC(=O)CCC(F)(F)F)cc1F. The molecule has 1 rings (SSSR count). The van der Waals surface area contributed by atoms with Gasteiger partial charge in [0.2, 0.25) is 0 Å². The topological polar surface area (TPSA) is 26.3 Å². The predicted molar refractivity (Wildman–Crippen MR) is 57.0 cm³/mol. The average molecular weight is 264 g/mol. The van der Waals surface area contributed by atoms with Gasteiger partial charge in [0.15, 0.2) is 11.6 Å². The van der Waals surface area contributed by atoms with Crippen LogP contribution in [0, 0.1) is 5.82 Å². The zero-order valence-electron chi connectivity index (χ0n) is 9.68. The highest BCUT2D eigenvalue weighted by Gasteiger charge is 2.27. The summed E-state index contributed by atoms with van der Waals surface area (Å²) in [5, 5.41) is 0. The van der Waals surface area contributed by atoms with Crippen LogP contribution in [-0.4, -0.2) is 19.1 Å². The molecule has 2 nitrogen and oxygen atoms in total. The van der Waals surface area contributed by atoms with Gasteiger partial charge in [0.1, 0.15) is 5.78 Å². The molecule has 0 aliphatic heterocycles. The number of methoxy groups -OCH3 is 1. The smallest absolute Gasteiger partial charge is 0.389 e. The van der Waals surface area contributed by atoms with Crippen LogP contribution in [0.25, 0.3) is 0 Å². The highest BCUT2D eigenvalue weighted by Crippen LogP contribution is 2.22. The van der Waals surface area contributed by atoms with Crippen molar-refractivity contribution in [3.05, 3.63) is 29.6 Å². The number of rotatable bonds is 5. The number of halogens is 4. The highest BCUT2D eigenvalue weighted by molar-refractivity contribution is 5.80. The average Bonchev–Trinajstić information content (AvgIpc) is 2.26. The summed E-state index contributed by atoms with van der Waals surface area (Å²) in [5.41, 5.74) is 0.334. The Balaban J connectivity index is 2.57. The van der Waals surface area contributed by atoms with Gasteiger partial charge in [0, 0.05) is 12.8 Å². The molecule has 0 aliphatic rings. The molecule has 0 unspecified atom stereocenters. The molecule has 0 amide bonds. The van der Waals surface area contributed by atoms with Crippen LogP contribution in [0.15, 0.2) is 18.2 Å². The second kappa shape index (κ2) is 5.84. The summed E-state index contributed by atoms with van der Waals surface area (Å²) in [4.78, 5) is 11.3. The second-order valence-electron chi connectivity index (χ2n) is 3.80. The third kappa shape index (κ3) is 4.73. The summed E-state index contributed by atoms with van der Waals surface area (Å²) >= 11 is 0. The van der Waals surface area contributed by atoms with E-state index >= 15 is 0 Å². The number of hydrogen-bond donors (Lipinski definition) is 0. The first-order valence-corrected chi connectivity index (χ1v) is 5.22. The number of benzene rings is 1. The van der Waals surface area contributed by atoms with Crippen LogP contribution in [0.1, 0.15) is 18.4 Å². The van der Waals surface area contributed by atoms with Crippen LogP contribution >= 0.6 is 0 Å². The van der Waals surface area contributed by atoms with Gasteiger partial charge >= 0.3 is 6.18 Å². The quantitative estimate of drug-likeness (QED) is 0.763. The van der Waals surface area contributed by atoms with Crippen molar-refractivity contribution in [2.45, 2.75) is 25.4 Å². The van der Waals surface area contributed by atoms with Crippen LogP contribution in [0.3, 0.4) is 0 Å². The zero-order chi connectivity index (χ0) is 13.8. The van der Waals surface area contributed by atoms with E-state index in [9.17, 15) is 22.4 Å². The van der Waals surface area contributed by atoms with E-state index in [1.54, 1.807) is 0 Å². The number of ketones is 1. The molecule has 6 heteroatoms. The molecular weight excluding hydrogens is 252 g/mol. The fourth-order valence-electron chi connectivity index (χ4n) is 1.42. The van der Waals surface area contributed by atoms with E-state index in [1.165, 1.54) is 19.2 Å². The van der Waals surface area contributed by atoms with Gasteiger partial charge in [-0.05, 0) is 17.7 Å². The molecule has 1 aromatic rings. The summed E-state index contributed by atoms with van der Waals surface area (Å²) in [7, 11) is 1.30.